The second-order valence-electron chi connectivity index (χ2n) is 5.58. The molecule has 2 atom stereocenters. The first-order valence-corrected chi connectivity index (χ1v) is 7.66. The molecule has 0 spiro atoms. The molecule has 2 aromatic carbocycles. The van der Waals surface area contributed by atoms with Crippen molar-refractivity contribution in [2.24, 2.45) is 5.73 Å². The van der Waals surface area contributed by atoms with Crippen molar-refractivity contribution in [3.8, 4) is 0 Å². The number of nitrogens with two attached hydrogens (primary N) is 1. The van der Waals surface area contributed by atoms with Gasteiger partial charge in [0.1, 0.15) is 0 Å². The summed E-state index contributed by atoms with van der Waals surface area (Å²) in [5.74, 6) is 0. The van der Waals surface area contributed by atoms with Gasteiger partial charge in [-0.15, -0.1) is 0 Å². The van der Waals surface area contributed by atoms with Crippen LogP contribution in [-0.2, 0) is 0 Å². The Morgan fingerprint density at radius 3 is 1.90 bits per heavy atom. The number of nitrogens with zero attached hydrogens (tertiary/aromatic N) is 1. The van der Waals surface area contributed by atoms with Gasteiger partial charge in [-0.3, -0.25) is 4.90 Å². The molecular weight excluding hydrogens is 258 g/mol. The predicted octanol–water partition coefficient (Wildman–Crippen LogP) is 2.33. The Bertz CT molecular complexity index is 535. The van der Waals surface area contributed by atoms with E-state index in [2.05, 4.69) is 64.8 Å². The number of benzene rings is 2. The largest absolute Gasteiger partial charge is 0.322 e. The van der Waals surface area contributed by atoms with Crippen LogP contribution in [0.3, 0.4) is 0 Å². The first kappa shape index (κ1) is 14.3. The van der Waals surface area contributed by atoms with Crippen molar-refractivity contribution in [3.63, 3.8) is 0 Å². The molecule has 0 aliphatic carbocycles. The second-order valence-corrected chi connectivity index (χ2v) is 5.58. The smallest absolute Gasteiger partial charge is 0.0542 e. The lowest BCUT2D eigenvalue weighted by Gasteiger charge is -2.38. The van der Waals surface area contributed by atoms with Gasteiger partial charge in [-0.1, -0.05) is 60.7 Å². The Morgan fingerprint density at radius 2 is 1.33 bits per heavy atom. The van der Waals surface area contributed by atoms with Gasteiger partial charge in [-0.05, 0) is 11.1 Å². The van der Waals surface area contributed by atoms with Gasteiger partial charge in [0.2, 0.25) is 0 Å². The van der Waals surface area contributed by atoms with Crippen LogP contribution in [0.2, 0.25) is 0 Å². The van der Waals surface area contributed by atoms with Gasteiger partial charge < -0.3 is 11.1 Å². The van der Waals surface area contributed by atoms with E-state index in [0.717, 1.165) is 26.2 Å². The van der Waals surface area contributed by atoms with E-state index in [0.29, 0.717) is 0 Å². The fourth-order valence-electron chi connectivity index (χ4n) is 3.11. The summed E-state index contributed by atoms with van der Waals surface area (Å²) in [5, 5.41) is 3.42. The lowest BCUT2D eigenvalue weighted by atomic mass is 9.92. The van der Waals surface area contributed by atoms with Crippen molar-refractivity contribution in [3.05, 3.63) is 71.8 Å². The topological polar surface area (TPSA) is 41.3 Å². The maximum atomic E-state index is 6.64. The minimum Gasteiger partial charge on any atom is -0.322 e. The summed E-state index contributed by atoms with van der Waals surface area (Å²) in [4.78, 5) is 2.50. The van der Waals surface area contributed by atoms with Gasteiger partial charge in [0.05, 0.1) is 6.04 Å². The SMILES string of the molecule is NC(c1ccccc1)C(c1ccccc1)N1CCNCC1. The molecule has 1 aliphatic heterocycles. The molecule has 0 saturated carbocycles. The van der Waals surface area contributed by atoms with Gasteiger partial charge in [0.25, 0.3) is 0 Å². The lowest BCUT2D eigenvalue weighted by molar-refractivity contribution is 0.151. The minimum atomic E-state index is -0.00769. The summed E-state index contributed by atoms with van der Waals surface area (Å²) in [6, 6.07) is 21.3. The van der Waals surface area contributed by atoms with Crippen molar-refractivity contribution < 1.29 is 0 Å². The summed E-state index contributed by atoms with van der Waals surface area (Å²) in [7, 11) is 0. The van der Waals surface area contributed by atoms with Gasteiger partial charge in [0.15, 0.2) is 0 Å². The summed E-state index contributed by atoms with van der Waals surface area (Å²) in [5.41, 5.74) is 9.14. The second kappa shape index (κ2) is 6.85. The van der Waals surface area contributed by atoms with Crippen LogP contribution in [-0.4, -0.2) is 31.1 Å². The fourth-order valence-corrected chi connectivity index (χ4v) is 3.11. The number of hydrogen-bond acceptors (Lipinski definition) is 3. The Hall–Kier alpha value is -1.68. The molecule has 0 bridgehead atoms. The van der Waals surface area contributed by atoms with Crippen molar-refractivity contribution in [2.45, 2.75) is 12.1 Å². The molecule has 21 heavy (non-hydrogen) atoms. The molecule has 2 unspecified atom stereocenters. The van der Waals surface area contributed by atoms with Gasteiger partial charge in [0, 0.05) is 32.2 Å². The van der Waals surface area contributed by atoms with E-state index < -0.39 is 0 Å². The maximum Gasteiger partial charge on any atom is 0.0542 e. The molecule has 3 heteroatoms. The highest BCUT2D eigenvalue weighted by molar-refractivity contribution is 5.27. The quantitative estimate of drug-likeness (QED) is 0.904. The van der Waals surface area contributed by atoms with Crippen LogP contribution >= 0.6 is 0 Å². The highest BCUT2D eigenvalue weighted by atomic mass is 15.2. The minimum absolute atomic E-state index is 0.00769. The highest BCUT2D eigenvalue weighted by Gasteiger charge is 2.28. The van der Waals surface area contributed by atoms with E-state index in [1.807, 2.05) is 6.07 Å². The van der Waals surface area contributed by atoms with Crippen LogP contribution in [0.1, 0.15) is 23.2 Å². The van der Waals surface area contributed by atoms with E-state index in [1.54, 1.807) is 0 Å². The van der Waals surface area contributed by atoms with Crippen LogP contribution in [0.15, 0.2) is 60.7 Å². The number of hydrogen-bond donors (Lipinski definition) is 2. The van der Waals surface area contributed by atoms with E-state index in [1.165, 1.54) is 11.1 Å². The van der Waals surface area contributed by atoms with Gasteiger partial charge in [-0.25, -0.2) is 0 Å². The molecule has 1 fully saturated rings. The third kappa shape index (κ3) is 3.32. The monoisotopic (exact) mass is 281 g/mol. The normalized spacial score (nSPS) is 19.1. The third-order valence-corrected chi connectivity index (χ3v) is 4.21. The molecule has 0 amide bonds. The highest BCUT2D eigenvalue weighted by Crippen LogP contribution is 2.32. The first-order valence-electron chi connectivity index (χ1n) is 7.66. The summed E-state index contributed by atoms with van der Waals surface area (Å²) < 4.78 is 0. The average molecular weight is 281 g/mol. The Labute approximate surface area is 126 Å². The van der Waals surface area contributed by atoms with Crippen LogP contribution in [0.5, 0.6) is 0 Å². The standard InChI is InChI=1S/C18H23N3/c19-17(15-7-3-1-4-8-15)18(16-9-5-2-6-10-16)21-13-11-20-12-14-21/h1-10,17-18,20H,11-14,19H2. The maximum absolute atomic E-state index is 6.64. The zero-order valence-electron chi connectivity index (χ0n) is 12.3. The van der Waals surface area contributed by atoms with Gasteiger partial charge in [-0.2, -0.15) is 0 Å². The van der Waals surface area contributed by atoms with Crippen LogP contribution < -0.4 is 11.1 Å². The van der Waals surface area contributed by atoms with Crippen molar-refractivity contribution in [1.29, 1.82) is 0 Å². The van der Waals surface area contributed by atoms with Crippen LogP contribution in [0.25, 0.3) is 0 Å². The van der Waals surface area contributed by atoms with Crippen LogP contribution in [0.4, 0.5) is 0 Å². The Balaban J connectivity index is 1.92. The molecule has 1 heterocycles. The molecule has 1 saturated heterocycles. The van der Waals surface area contributed by atoms with Gasteiger partial charge >= 0.3 is 0 Å². The Morgan fingerprint density at radius 1 is 0.810 bits per heavy atom. The van der Waals surface area contributed by atoms with Crippen molar-refractivity contribution >= 4 is 0 Å². The molecule has 0 aromatic heterocycles. The summed E-state index contributed by atoms with van der Waals surface area (Å²) >= 11 is 0. The molecular formula is C18H23N3. The van der Waals surface area contributed by atoms with E-state index in [-0.39, 0.29) is 12.1 Å². The fraction of sp³-hybridized carbons (Fsp3) is 0.333. The van der Waals surface area contributed by atoms with E-state index in [9.17, 15) is 0 Å². The lowest BCUT2D eigenvalue weighted by Crippen LogP contribution is -2.47. The zero-order chi connectivity index (χ0) is 14.5. The molecule has 110 valence electrons. The molecule has 1 aliphatic rings. The Kier molecular flexibility index (Phi) is 4.65. The molecule has 2 aromatic rings. The molecule has 3 nitrogen and oxygen atoms in total. The number of nitrogens with one attached hydrogen (secondary N) is 1. The average Bonchev–Trinajstić information content (AvgIpc) is 2.58. The molecule has 0 radical (unpaired) electrons. The first-order chi connectivity index (χ1) is 10.4. The molecule has 3 rings (SSSR count). The molecule has 3 N–H and O–H groups in total. The predicted molar refractivity (Wildman–Crippen MR) is 87.0 cm³/mol. The number of piperazine rings is 1. The third-order valence-electron chi connectivity index (χ3n) is 4.21. The number of rotatable bonds is 4. The van der Waals surface area contributed by atoms with Crippen molar-refractivity contribution in [2.75, 3.05) is 26.2 Å². The zero-order valence-corrected chi connectivity index (χ0v) is 12.3. The summed E-state index contributed by atoms with van der Waals surface area (Å²) in [6.07, 6.45) is 0. The van der Waals surface area contributed by atoms with E-state index in [4.69, 9.17) is 5.73 Å². The summed E-state index contributed by atoms with van der Waals surface area (Å²) in [6.45, 7) is 4.15. The van der Waals surface area contributed by atoms with Crippen LogP contribution in [0, 0.1) is 0 Å². The van der Waals surface area contributed by atoms with Crippen molar-refractivity contribution in [1.82, 2.24) is 10.2 Å². The van der Waals surface area contributed by atoms with E-state index >= 15 is 0 Å².